The second-order valence-electron chi connectivity index (χ2n) is 8.01. The highest BCUT2D eigenvalue weighted by Gasteiger charge is 2.33. The van der Waals surface area contributed by atoms with Crippen molar-refractivity contribution in [1.82, 2.24) is 0 Å². The quantitative estimate of drug-likeness (QED) is 0.457. The number of aryl methyl sites for hydroxylation is 2. The molecular weight excluding hydrogens is 442 g/mol. The van der Waals surface area contributed by atoms with Gasteiger partial charge in [0.1, 0.15) is 0 Å². The van der Waals surface area contributed by atoms with Gasteiger partial charge in [-0.3, -0.25) is 14.4 Å². The fourth-order valence-corrected chi connectivity index (χ4v) is 4.69. The van der Waals surface area contributed by atoms with Crippen LogP contribution in [0.1, 0.15) is 59.7 Å². The molecule has 33 heavy (non-hydrogen) atoms. The molecule has 0 saturated carbocycles. The molecule has 5 rings (SSSR count). The van der Waals surface area contributed by atoms with Crippen molar-refractivity contribution >= 4 is 40.7 Å². The molecule has 0 bridgehead atoms. The third-order valence-electron chi connectivity index (χ3n) is 5.97. The van der Waals surface area contributed by atoms with Gasteiger partial charge in [-0.25, -0.2) is 4.79 Å². The Bertz CT molecular complexity index is 1360. The number of nitrogens with one attached hydrogen (secondary N) is 1. The van der Waals surface area contributed by atoms with Gasteiger partial charge >= 0.3 is 5.97 Å². The largest absolute Gasteiger partial charge is 0.452 e. The second-order valence-corrected chi connectivity index (χ2v) is 8.39. The summed E-state index contributed by atoms with van der Waals surface area (Å²) in [5.74, 6) is -2.12. The Morgan fingerprint density at radius 1 is 0.879 bits per heavy atom. The summed E-state index contributed by atoms with van der Waals surface area (Å²) < 4.78 is 5.13. The zero-order valence-corrected chi connectivity index (χ0v) is 18.2. The average molecular weight is 460 g/mol. The number of ether oxygens (including phenoxy) is 1. The van der Waals surface area contributed by atoms with Gasteiger partial charge in [0.05, 0.1) is 16.1 Å². The number of rotatable bonds is 4. The average Bonchev–Trinajstić information content (AvgIpc) is 3.29. The van der Waals surface area contributed by atoms with Gasteiger partial charge in [-0.1, -0.05) is 41.9 Å². The molecule has 1 N–H and O–H groups in total. The molecule has 6 nitrogen and oxygen atoms in total. The van der Waals surface area contributed by atoms with Crippen molar-refractivity contribution < 1.29 is 23.9 Å². The topological polar surface area (TPSA) is 89.5 Å². The van der Waals surface area contributed by atoms with Crippen LogP contribution in [0.3, 0.4) is 0 Å². The van der Waals surface area contributed by atoms with Crippen LogP contribution in [0.15, 0.2) is 54.6 Å². The van der Waals surface area contributed by atoms with E-state index in [1.54, 1.807) is 24.3 Å². The number of esters is 1. The number of halogens is 1. The zero-order valence-electron chi connectivity index (χ0n) is 17.4. The summed E-state index contributed by atoms with van der Waals surface area (Å²) >= 11 is 6.37. The van der Waals surface area contributed by atoms with E-state index in [9.17, 15) is 19.2 Å². The highest BCUT2D eigenvalue weighted by molar-refractivity contribution is 6.41. The minimum absolute atomic E-state index is 0.0302. The fourth-order valence-electron chi connectivity index (χ4n) is 4.36. The number of ketones is 2. The van der Waals surface area contributed by atoms with Gasteiger partial charge in [-0.2, -0.15) is 0 Å². The van der Waals surface area contributed by atoms with Crippen molar-refractivity contribution in [3.8, 4) is 0 Å². The maximum atomic E-state index is 12.9. The molecule has 3 aromatic rings. The number of carbonyl (C=O) groups excluding carboxylic acids is 4. The highest BCUT2D eigenvalue weighted by atomic mass is 35.5. The predicted molar refractivity (Wildman–Crippen MR) is 122 cm³/mol. The van der Waals surface area contributed by atoms with E-state index < -0.39 is 24.3 Å². The van der Waals surface area contributed by atoms with E-state index in [-0.39, 0.29) is 33.1 Å². The van der Waals surface area contributed by atoms with Crippen LogP contribution in [-0.4, -0.2) is 30.0 Å². The van der Waals surface area contributed by atoms with Gasteiger partial charge in [0, 0.05) is 22.4 Å². The van der Waals surface area contributed by atoms with Crippen LogP contribution in [-0.2, 0) is 22.4 Å². The summed E-state index contributed by atoms with van der Waals surface area (Å²) in [6, 6.07) is 14.9. The van der Waals surface area contributed by atoms with Crippen LogP contribution in [0.25, 0.3) is 0 Å². The van der Waals surface area contributed by atoms with Crippen molar-refractivity contribution in [2.45, 2.75) is 19.3 Å². The number of hydrogen-bond acceptors (Lipinski definition) is 5. The molecule has 0 heterocycles. The number of amides is 1. The van der Waals surface area contributed by atoms with Crippen molar-refractivity contribution in [3.05, 3.63) is 98.6 Å². The molecule has 2 aliphatic rings. The lowest BCUT2D eigenvalue weighted by Crippen LogP contribution is -2.24. The smallest absolute Gasteiger partial charge is 0.340 e. The lowest BCUT2D eigenvalue weighted by Gasteiger charge is -2.19. The van der Waals surface area contributed by atoms with Crippen LogP contribution >= 0.6 is 11.6 Å². The summed E-state index contributed by atoms with van der Waals surface area (Å²) in [4.78, 5) is 50.6. The Kier molecular flexibility index (Phi) is 5.30. The molecule has 164 valence electrons. The minimum Gasteiger partial charge on any atom is -0.452 e. The maximum absolute atomic E-state index is 12.9. The number of benzene rings is 3. The normalized spacial score (nSPS) is 13.7. The van der Waals surface area contributed by atoms with E-state index in [1.807, 2.05) is 18.2 Å². The van der Waals surface area contributed by atoms with Crippen molar-refractivity contribution in [3.63, 3.8) is 0 Å². The second kappa shape index (κ2) is 8.30. The lowest BCUT2D eigenvalue weighted by molar-refractivity contribution is -0.119. The molecule has 3 aromatic carbocycles. The number of anilines is 1. The molecule has 7 heteroatoms. The van der Waals surface area contributed by atoms with Gasteiger partial charge in [-0.05, 0) is 54.7 Å². The molecule has 1 amide bonds. The third-order valence-corrected chi connectivity index (χ3v) is 6.36. The Labute approximate surface area is 194 Å². The van der Waals surface area contributed by atoms with Crippen molar-refractivity contribution in [2.75, 3.05) is 11.9 Å². The summed E-state index contributed by atoms with van der Waals surface area (Å²) in [5, 5.41) is 2.56. The molecule has 0 spiro atoms. The SMILES string of the molecule is O=C(COC(=O)c1ccc2c(c1Cl)C(=O)c1ccccc1C2=O)Nc1ccc2c(c1)CCC2. The summed E-state index contributed by atoms with van der Waals surface area (Å²) in [7, 11) is 0. The van der Waals surface area contributed by atoms with E-state index in [4.69, 9.17) is 16.3 Å². The zero-order chi connectivity index (χ0) is 23.1. The van der Waals surface area contributed by atoms with Gasteiger partial charge < -0.3 is 10.1 Å². The van der Waals surface area contributed by atoms with Crippen LogP contribution in [0.5, 0.6) is 0 Å². The standard InChI is InChI=1S/C26H18ClNO5/c27-23-20(11-10-19-22(23)25(31)18-7-2-1-6-17(18)24(19)30)26(32)33-13-21(29)28-16-9-8-14-4-3-5-15(14)12-16/h1-2,6-12H,3-5,13H2,(H,28,29). The van der Waals surface area contributed by atoms with Gasteiger partial charge in [0.2, 0.25) is 0 Å². The Hall–Kier alpha value is -3.77. The molecule has 0 atom stereocenters. The third kappa shape index (κ3) is 3.72. The van der Waals surface area contributed by atoms with Crippen LogP contribution in [0.4, 0.5) is 5.69 Å². The van der Waals surface area contributed by atoms with E-state index in [2.05, 4.69) is 5.32 Å². The van der Waals surface area contributed by atoms with Crippen LogP contribution in [0, 0.1) is 0 Å². The molecule has 0 fully saturated rings. The first-order valence-corrected chi connectivity index (χ1v) is 10.9. The molecule has 0 aliphatic heterocycles. The highest BCUT2D eigenvalue weighted by Crippen LogP contribution is 2.34. The minimum atomic E-state index is -0.856. The van der Waals surface area contributed by atoms with Crippen molar-refractivity contribution in [1.29, 1.82) is 0 Å². The van der Waals surface area contributed by atoms with E-state index >= 15 is 0 Å². The maximum Gasteiger partial charge on any atom is 0.340 e. The van der Waals surface area contributed by atoms with Gasteiger partial charge in [-0.15, -0.1) is 0 Å². The predicted octanol–water partition coefficient (Wildman–Crippen LogP) is 4.40. The number of carbonyl (C=O) groups is 4. The molecule has 2 aliphatic carbocycles. The Balaban J connectivity index is 1.31. The first-order chi connectivity index (χ1) is 15.9. The molecular formula is C26H18ClNO5. The van der Waals surface area contributed by atoms with E-state index in [0.29, 0.717) is 11.3 Å². The van der Waals surface area contributed by atoms with Crippen LogP contribution in [0.2, 0.25) is 5.02 Å². The Morgan fingerprint density at radius 2 is 1.61 bits per heavy atom. The van der Waals surface area contributed by atoms with Crippen molar-refractivity contribution in [2.24, 2.45) is 0 Å². The summed E-state index contributed by atoms with van der Waals surface area (Å²) in [5.41, 5.74) is 3.70. The number of hydrogen-bond donors (Lipinski definition) is 1. The molecule has 0 unspecified atom stereocenters. The van der Waals surface area contributed by atoms with E-state index in [1.165, 1.54) is 23.3 Å². The van der Waals surface area contributed by atoms with Gasteiger partial charge in [0.15, 0.2) is 18.2 Å². The first kappa shape index (κ1) is 21.1. The summed E-state index contributed by atoms with van der Waals surface area (Å²) in [6.07, 6.45) is 3.13. The Morgan fingerprint density at radius 3 is 2.39 bits per heavy atom. The van der Waals surface area contributed by atoms with Gasteiger partial charge in [0.25, 0.3) is 5.91 Å². The monoisotopic (exact) mass is 459 g/mol. The molecule has 0 radical (unpaired) electrons. The first-order valence-electron chi connectivity index (χ1n) is 10.5. The summed E-state index contributed by atoms with van der Waals surface area (Å²) in [6.45, 7) is -0.515. The fraction of sp³-hybridized carbons (Fsp3) is 0.154. The van der Waals surface area contributed by atoms with Crippen LogP contribution < -0.4 is 5.32 Å². The lowest BCUT2D eigenvalue weighted by atomic mass is 9.83. The van der Waals surface area contributed by atoms with E-state index in [0.717, 1.165) is 19.3 Å². The molecule has 0 aromatic heterocycles. The molecule has 0 saturated heterocycles. The number of fused-ring (bicyclic) bond motifs is 3.